The van der Waals surface area contributed by atoms with Crippen LogP contribution < -0.4 is 0 Å². The molecule has 208 valence electrons. The molecule has 40 heavy (non-hydrogen) atoms. The van der Waals surface area contributed by atoms with Crippen molar-refractivity contribution in [2.24, 2.45) is 5.92 Å². The van der Waals surface area contributed by atoms with Gasteiger partial charge in [0.1, 0.15) is 12.2 Å². The van der Waals surface area contributed by atoms with Crippen LogP contribution in [0.5, 0.6) is 0 Å². The molecule has 1 saturated heterocycles. The molecular weight excluding hydrogens is 543 g/mol. The highest BCUT2D eigenvalue weighted by Crippen LogP contribution is 2.41. The fourth-order valence-corrected chi connectivity index (χ4v) is 5.60. The molecule has 0 unspecified atom stereocenters. The van der Waals surface area contributed by atoms with E-state index in [1.165, 1.54) is 0 Å². The minimum atomic E-state index is -0.335. The summed E-state index contributed by atoms with van der Waals surface area (Å²) in [6, 6.07) is 30.1. The number of benzene rings is 3. The summed E-state index contributed by atoms with van der Waals surface area (Å²) in [6.45, 7) is 5.32. The Morgan fingerprint density at radius 3 is 2.02 bits per heavy atom. The molecule has 1 aliphatic rings. The largest absolute Gasteiger partial charge is 0.370 e. The van der Waals surface area contributed by atoms with Gasteiger partial charge in [0, 0.05) is 17.4 Å². The van der Waals surface area contributed by atoms with Crippen molar-refractivity contribution < 1.29 is 14.2 Å². The first-order valence-electron chi connectivity index (χ1n) is 13.7. The molecule has 0 bridgehead atoms. The maximum atomic E-state index is 6.78. The van der Waals surface area contributed by atoms with Crippen molar-refractivity contribution in [3.63, 3.8) is 0 Å². The third kappa shape index (κ3) is 7.09. The van der Waals surface area contributed by atoms with Crippen LogP contribution in [0.3, 0.4) is 0 Å². The van der Waals surface area contributed by atoms with E-state index in [-0.39, 0.29) is 30.3 Å². The van der Waals surface area contributed by atoms with Gasteiger partial charge in [-0.1, -0.05) is 110 Å². The lowest BCUT2D eigenvalue weighted by atomic mass is 9.84. The zero-order valence-electron chi connectivity index (χ0n) is 22.8. The van der Waals surface area contributed by atoms with E-state index in [2.05, 4.69) is 54.4 Å². The zero-order chi connectivity index (χ0) is 27.9. The molecule has 4 aromatic rings. The van der Waals surface area contributed by atoms with Gasteiger partial charge in [-0.25, -0.2) is 0 Å². The number of rotatable bonds is 10. The van der Waals surface area contributed by atoms with E-state index >= 15 is 0 Å². The predicted molar refractivity (Wildman–Crippen MR) is 158 cm³/mol. The van der Waals surface area contributed by atoms with Gasteiger partial charge < -0.3 is 14.2 Å². The molecule has 2 heterocycles. The number of aromatic nitrogens is 2. The van der Waals surface area contributed by atoms with E-state index < -0.39 is 0 Å². The second-order valence-corrected chi connectivity index (χ2v) is 11.1. The summed E-state index contributed by atoms with van der Waals surface area (Å²) >= 11 is 12.6. The summed E-state index contributed by atoms with van der Waals surface area (Å²) in [5.74, 6) is 0.141. The average molecular weight is 578 g/mol. The number of hydrogen-bond acceptors (Lipinski definition) is 5. The molecule has 5 atom stereocenters. The summed E-state index contributed by atoms with van der Waals surface area (Å²) in [7, 11) is 0. The average Bonchev–Trinajstić information content (AvgIpc) is 2.99. The van der Waals surface area contributed by atoms with Gasteiger partial charge >= 0.3 is 0 Å². The molecule has 1 aromatic heterocycles. The van der Waals surface area contributed by atoms with Crippen LogP contribution in [0.15, 0.2) is 91.0 Å². The molecule has 5 nitrogen and oxygen atoms in total. The Bertz CT molecular complexity index is 1360. The van der Waals surface area contributed by atoms with Crippen LogP contribution in [-0.2, 0) is 33.8 Å². The van der Waals surface area contributed by atoms with Crippen molar-refractivity contribution in [3.05, 3.63) is 129 Å². The lowest BCUT2D eigenvalue weighted by molar-refractivity contribution is -0.234. The van der Waals surface area contributed by atoms with Crippen molar-refractivity contribution in [1.29, 1.82) is 0 Å². The van der Waals surface area contributed by atoms with Gasteiger partial charge in [0.15, 0.2) is 5.15 Å². The van der Waals surface area contributed by atoms with Gasteiger partial charge in [-0.15, -0.1) is 5.10 Å². The maximum absolute atomic E-state index is 6.78. The Labute approximate surface area is 246 Å². The van der Waals surface area contributed by atoms with Gasteiger partial charge in [0.2, 0.25) is 0 Å². The van der Waals surface area contributed by atoms with Crippen LogP contribution in [0, 0.1) is 5.92 Å². The monoisotopic (exact) mass is 576 g/mol. The van der Waals surface area contributed by atoms with Crippen molar-refractivity contribution >= 4 is 23.2 Å². The minimum absolute atomic E-state index is 0.0172. The van der Waals surface area contributed by atoms with Gasteiger partial charge in [0.05, 0.1) is 31.1 Å². The lowest BCUT2D eigenvalue weighted by Gasteiger charge is -2.46. The third-order valence-corrected chi connectivity index (χ3v) is 8.05. The lowest BCUT2D eigenvalue weighted by Crippen LogP contribution is -2.51. The SMILES string of the molecule is CC[C@H]1O[C@@H](c2ccc(Cl)c(Cc3ccc(Cl)nn3)c2)[C@H](OCc2ccccc2)[C@@H](OCc2ccccc2)[C@@H]1C. The second kappa shape index (κ2) is 13.7. The first kappa shape index (κ1) is 28.7. The standard InChI is InChI=1S/C33H34Cl2N2O3/c1-3-29-22(2)31(38-20-23-10-6-4-7-11-23)33(39-21-24-12-8-5-9-13-24)32(40-29)25-14-16-28(34)26(18-25)19-27-15-17-30(35)37-36-27/h4-18,22,29,31-33H,3,19-21H2,1-2H3/t22-,29-,31+,32+,33-/m1/s1. The minimum Gasteiger partial charge on any atom is -0.370 e. The highest BCUT2D eigenvalue weighted by molar-refractivity contribution is 6.31. The van der Waals surface area contributed by atoms with E-state index in [9.17, 15) is 0 Å². The fraction of sp³-hybridized carbons (Fsp3) is 0.333. The molecule has 5 rings (SSSR count). The molecule has 0 radical (unpaired) electrons. The smallest absolute Gasteiger partial charge is 0.151 e. The Kier molecular flexibility index (Phi) is 9.84. The molecule has 0 amide bonds. The second-order valence-electron chi connectivity index (χ2n) is 10.3. The van der Waals surface area contributed by atoms with Crippen LogP contribution in [0.1, 0.15) is 54.3 Å². The van der Waals surface area contributed by atoms with E-state index in [0.717, 1.165) is 34.4 Å². The number of ether oxygens (including phenoxy) is 3. The zero-order valence-corrected chi connectivity index (χ0v) is 24.3. The topological polar surface area (TPSA) is 53.5 Å². The van der Waals surface area contributed by atoms with Crippen molar-refractivity contribution in [2.45, 2.75) is 64.3 Å². The Morgan fingerprint density at radius 2 is 1.43 bits per heavy atom. The fourth-order valence-electron chi connectivity index (χ4n) is 5.31. The first-order valence-corrected chi connectivity index (χ1v) is 14.5. The summed E-state index contributed by atoms with van der Waals surface area (Å²) in [5.41, 5.74) is 4.96. The van der Waals surface area contributed by atoms with Gasteiger partial charge in [0.25, 0.3) is 0 Å². The molecule has 1 fully saturated rings. The molecule has 0 N–H and O–H groups in total. The quantitative estimate of drug-likeness (QED) is 0.191. The maximum Gasteiger partial charge on any atom is 0.151 e. The molecule has 0 spiro atoms. The number of halogens is 2. The van der Waals surface area contributed by atoms with E-state index in [0.29, 0.717) is 29.8 Å². The summed E-state index contributed by atoms with van der Waals surface area (Å²) in [4.78, 5) is 0. The highest BCUT2D eigenvalue weighted by atomic mass is 35.5. The number of hydrogen-bond donors (Lipinski definition) is 0. The summed E-state index contributed by atoms with van der Waals surface area (Å²) in [5, 5.41) is 9.22. The normalized spacial score (nSPS) is 22.8. The van der Waals surface area contributed by atoms with Crippen LogP contribution in [-0.4, -0.2) is 28.5 Å². The van der Waals surface area contributed by atoms with Crippen molar-refractivity contribution in [2.75, 3.05) is 0 Å². The van der Waals surface area contributed by atoms with E-state index in [1.54, 1.807) is 6.07 Å². The van der Waals surface area contributed by atoms with E-state index in [1.807, 2.05) is 54.6 Å². The summed E-state index contributed by atoms with van der Waals surface area (Å²) in [6.07, 6.45) is 0.580. The molecule has 7 heteroatoms. The van der Waals surface area contributed by atoms with Gasteiger partial charge in [-0.05, 0) is 46.9 Å². The molecule has 1 aliphatic heterocycles. The molecule has 3 aromatic carbocycles. The van der Waals surface area contributed by atoms with Crippen molar-refractivity contribution in [3.8, 4) is 0 Å². The number of nitrogens with zero attached hydrogens (tertiary/aromatic N) is 2. The van der Waals surface area contributed by atoms with Crippen LogP contribution in [0.25, 0.3) is 0 Å². The van der Waals surface area contributed by atoms with Crippen LogP contribution in [0.2, 0.25) is 10.2 Å². The van der Waals surface area contributed by atoms with Gasteiger partial charge in [-0.3, -0.25) is 0 Å². The van der Waals surface area contributed by atoms with Crippen molar-refractivity contribution in [1.82, 2.24) is 10.2 Å². The first-order chi connectivity index (χ1) is 19.5. The molecule has 0 aliphatic carbocycles. The Balaban J connectivity index is 1.46. The van der Waals surface area contributed by atoms with Crippen LogP contribution >= 0.6 is 23.2 Å². The molecule has 0 saturated carbocycles. The van der Waals surface area contributed by atoms with Gasteiger partial charge in [-0.2, -0.15) is 5.10 Å². The van der Waals surface area contributed by atoms with Crippen LogP contribution in [0.4, 0.5) is 0 Å². The van der Waals surface area contributed by atoms with E-state index in [4.69, 9.17) is 37.4 Å². The Hall–Kier alpha value is -2.80. The molecular formula is C33H34Cl2N2O3. The third-order valence-electron chi connectivity index (χ3n) is 7.48. The predicted octanol–water partition coefficient (Wildman–Crippen LogP) is 8.03. The Morgan fingerprint density at radius 1 is 0.775 bits per heavy atom. The summed E-state index contributed by atoms with van der Waals surface area (Å²) < 4.78 is 20.1. The highest BCUT2D eigenvalue weighted by Gasteiger charge is 2.45.